The predicted octanol–water partition coefficient (Wildman–Crippen LogP) is 3.41. The van der Waals surface area contributed by atoms with Crippen molar-refractivity contribution in [1.82, 2.24) is 20.5 Å². The Hall–Kier alpha value is -3.02. The number of pyridine rings is 1. The molecule has 0 spiro atoms. The van der Waals surface area contributed by atoms with Gasteiger partial charge in [0.1, 0.15) is 5.82 Å². The first-order valence-electron chi connectivity index (χ1n) is 7.57. The molecule has 3 rings (SSSR count). The molecule has 1 unspecified atom stereocenters. The number of carbonyl (C=O) groups excluding carboxylic acids is 1. The highest BCUT2D eigenvalue weighted by Crippen LogP contribution is 2.22. The van der Waals surface area contributed by atoms with Crippen molar-refractivity contribution in [2.45, 2.75) is 19.9 Å². The lowest BCUT2D eigenvalue weighted by molar-refractivity contribution is 0.0940. The summed E-state index contributed by atoms with van der Waals surface area (Å²) in [6.45, 7) is 3.79. The minimum Gasteiger partial charge on any atom is -0.345 e. The van der Waals surface area contributed by atoms with E-state index in [0.717, 1.165) is 11.3 Å². The van der Waals surface area contributed by atoms with Crippen molar-refractivity contribution in [2.24, 2.45) is 0 Å². The SMILES string of the molecule is Cc1ccc(C(C)NC(=O)c2cn[nH]c2-c2cccc(F)c2)cn1. The van der Waals surface area contributed by atoms with Crippen LogP contribution >= 0.6 is 0 Å². The van der Waals surface area contributed by atoms with E-state index in [9.17, 15) is 9.18 Å². The highest BCUT2D eigenvalue weighted by Gasteiger charge is 2.18. The summed E-state index contributed by atoms with van der Waals surface area (Å²) in [5.41, 5.74) is 3.25. The average Bonchev–Trinajstić information content (AvgIpc) is 3.05. The van der Waals surface area contributed by atoms with Crippen molar-refractivity contribution >= 4 is 5.91 Å². The molecule has 5 nitrogen and oxygen atoms in total. The summed E-state index contributed by atoms with van der Waals surface area (Å²) in [5, 5.41) is 9.59. The Kier molecular flexibility index (Phi) is 4.37. The summed E-state index contributed by atoms with van der Waals surface area (Å²) < 4.78 is 13.4. The molecule has 0 aliphatic rings. The van der Waals surface area contributed by atoms with Crippen molar-refractivity contribution in [3.05, 3.63) is 71.4 Å². The van der Waals surface area contributed by atoms with Gasteiger partial charge in [-0.05, 0) is 37.6 Å². The third-order valence-corrected chi connectivity index (χ3v) is 3.78. The number of amides is 1. The Labute approximate surface area is 138 Å². The van der Waals surface area contributed by atoms with Gasteiger partial charge < -0.3 is 5.32 Å². The molecule has 0 aliphatic carbocycles. The minimum atomic E-state index is -0.368. The molecule has 2 N–H and O–H groups in total. The van der Waals surface area contributed by atoms with E-state index in [-0.39, 0.29) is 17.8 Å². The molecule has 0 aliphatic heterocycles. The van der Waals surface area contributed by atoms with E-state index in [4.69, 9.17) is 0 Å². The van der Waals surface area contributed by atoms with Crippen molar-refractivity contribution in [3.63, 3.8) is 0 Å². The van der Waals surface area contributed by atoms with Gasteiger partial charge >= 0.3 is 0 Å². The first kappa shape index (κ1) is 15.9. The maximum atomic E-state index is 13.4. The number of halogens is 1. The van der Waals surface area contributed by atoms with Gasteiger partial charge in [0, 0.05) is 17.5 Å². The van der Waals surface area contributed by atoms with E-state index in [2.05, 4.69) is 20.5 Å². The molecule has 0 bridgehead atoms. The van der Waals surface area contributed by atoms with Crippen LogP contribution in [0.1, 0.15) is 34.6 Å². The maximum Gasteiger partial charge on any atom is 0.255 e. The molecule has 0 saturated heterocycles. The second kappa shape index (κ2) is 6.62. The number of aromatic amines is 1. The van der Waals surface area contributed by atoms with Gasteiger partial charge in [-0.2, -0.15) is 5.10 Å². The lowest BCUT2D eigenvalue weighted by Gasteiger charge is -2.14. The second-order valence-electron chi connectivity index (χ2n) is 5.60. The van der Waals surface area contributed by atoms with Crippen LogP contribution in [0.2, 0.25) is 0 Å². The summed E-state index contributed by atoms with van der Waals surface area (Å²) in [7, 11) is 0. The monoisotopic (exact) mass is 324 g/mol. The zero-order chi connectivity index (χ0) is 17.1. The summed E-state index contributed by atoms with van der Waals surface area (Å²) in [4.78, 5) is 16.8. The standard InChI is InChI=1S/C18H17FN4O/c1-11-6-7-14(9-20-11)12(2)22-18(24)16-10-21-23-17(16)13-4-3-5-15(19)8-13/h3-10,12H,1-2H3,(H,21,23)(H,22,24). The second-order valence-corrected chi connectivity index (χ2v) is 5.60. The fraction of sp³-hybridized carbons (Fsp3) is 0.167. The van der Waals surface area contributed by atoms with Crippen molar-refractivity contribution in [2.75, 3.05) is 0 Å². The number of nitrogens with one attached hydrogen (secondary N) is 2. The Balaban J connectivity index is 1.81. The quantitative estimate of drug-likeness (QED) is 0.772. The van der Waals surface area contributed by atoms with Crippen LogP contribution in [0, 0.1) is 12.7 Å². The topological polar surface area (TPSA) is 70.7 Å². The van der Waals surface area contributed by atoms with Crippen molar-refractivity contribution in [3.8, 4) is 11.3 Å². The summed E-state index contributed by atoms with van der Waals surface area (Å²) in [6, 6.07) is 9.64. The van der Waals surface area contributed by atoms with E-state index in [0.29, 0.717) is 16.8 Å². The lowest BCUT2D eigenvalue weighted by atomic mass is 10.1. The lowest BCUT2D eigenvalue weighted by Crippen LogP contribution is -2.26. The molecule has 6 heteroatoms. The molecule has 0 saturated carbocycles. The van der Waals surface area contributed by atoms with E-state index in [1.54, 1.807) is 18.3 Å². The third-order valence-electron chi connectivity index (χ3n) is 3.78. The minimum absolute atomic E-state index is 0.208. The number of rotatable bonds is 4. The Morgan fingerprint density at radius 2 is 2.08 bits per heavy atom. The van der Waals surface area contributed by atoms with Gasteiger partial charge in [0.05, 0.1) is 23.5 Å². The molecular weight excluding hydrogens is 307 g/mol. The zero-order valence-corrected chi connectivity index (χ0v) is 13.4. The van der Waals surface area contributed by atoms with E-state index >= 15 is 0 Å². The van der Waals surface area contributed by atoms with Crippen molar-refractivity contribution in [1.29, 1.82) is 0 Å². The predicted molar refractivity (Wildman–Crippen MR) is 88.8 cm³/mol. The van der Waals surface area contributed by atoms with E-state index in [1.807, 2.05) is 26.0 Å². The molecule has 2 aromatic heterocycles. The van der Waals surface area contributed by atoms with Crippen molar-refractivity contribution < 1.29 is 9.18 Å². The number of nitrogens with zero attached hydrogens (tertiary/aromatic N) is 2. The molecule has 1 aromatic carbocycles. The third kappa shape index (κ3) is 3.32. The van der Waals surface area contributed by atoms with Crippen LogP contribution in [0.15, 0.2) is 48.8 Å². The Bertz CT molecular complexity index is 857. The largest absolute Gasteiger partial charge is 0.345 e. The first-order chi connectivity index (χ1) is 11.5. The zero-order valence-electron chi connectivity index (χ0n) is 13.4. The maximum absolute atomic E-state index is 13.4. The fourth-order valence-corrected chi connectivity index (χ4v) is 2.42. The van der Waals surface area contributed by atoms with E-state index in [1.165, 1.54) is 18.3 Å². The average molecular weight is 324 g/mol. The van der Waals surface area contributed by atoms with Crippen LogP contribution in [0.5, 0.6) is 0 Å². The summed E-state index contributed by atoms with van der Waals surface area (Å²) in [5.74, 6) is -0.649. The number of hydrogen-bond acceptors (Lipinski definition) is 3. The highest BCUT2D eigenvalue weighted by molar-refractivity contribution is 5.99. The number of aryl methyl sites for hydroxylation is 1. The normalized spacial score (nSPS) is 12.0. The number of aromatic nitrogens is 3. The van der Waals surface area contributed by atoms with Crippen LogP contribution in [0.3, 0.4) is 0 Å². The van der Waals surface area contributed by atoms with Gasteiger partial charge in [-0.3, -0.25) is 14.9 Å². The number of carbonyl (C=O) groups is 1. The molecular formula is C18H17FN4O. The molecule has 0 radical (unpaired) electrons. The van der Waals surface area contributed by atoms with E-state index < -0.39 is 0 Å². The van der Waals surface area contributed by atoms with Gasteiger partial charge in [-0.1, -0.05) is 18.2 Å². The summed E-state index contributed by atoms with van der Waals surface area (Å²) in [6.07, 6.45) is 3.18. The van der Waals surface area contributed by atoms with Crippen LogP contribution < -0.4 is 5.32 Å². The molecule has 1 amide bonds. The molecule has 122 valence electrons. The molecule has 1 atom stereocenters. The van der Waals surface area contributed by atoms with Gasteiger partial charge in [0.2, 0.25) is 0 Å². The highest BCUT2D eigenvalue weighted by atomic mass is 19.1. The van der Waals surface area contributed by atoms with Gasteiger partial charge in [0.15, 0.2) is 0 Å². The van der Waals surface area contributed by atoms with Crippen LogP contribution in [0.25, 0.3) is 11.3 Å². The smallest absolute Gasteiger partial charge is 0.255 e. The molecule has 24 heavy (non-hydrogen) atoms. The first-order valence-corrected chi connectivity index (χ1v) is 7.57. The van der Waals surface area contributed by atoms with Gasteiger partial charge in [-0.15, -0.1) is 0 Å². The Morgan fingerprint density at radius 1 is 1.25 bits per heavy atom. The number of benzene rings is 1. The van der Waals surface area contributed by atoms with Gasteiger partial charge in [-0.25, -0.2) is 4.39 Å². The number of hydrogen-bond donors (Lipinski definition) is 2. The molecule has 0 fully saturated rings. The fourth-order valence-electron chi connectivity index (χ4n) is 2.42. The van der Waals surface area contributed by atoms with Gasteiger partial charge in [0.25, 0.3) is 5.91 Å². The molecule has 3 aromatic rings. The summed E-state index contributed by atoms with van der Waals surface area (Å²) >= 11 is 0. The van der Waals surface area contributed by atoms with Crippen LogP contribution in [-0.2, 0) is 0 Å². The Morgan fingerprint density at radius 3 is 2.79 bits per heavy atom. The van der Waals surface area contributed by atoms with Crippen LogP contribution in [-0.4, -0.2) is 21.1 Å². The number of H-pyrrole nitrogens is 1. The van der Waals surface area contributed by atoms with Crippen LogP contribution in [0.4, 0.5) is 4.39 Å². The molecule has 2 heterocycles.